The van der Waals surface area contributed by atoms with Crippen molar-refractivity contribution in [2.45, 2.75) is 26.3 Å². The van der Waals surface area contributed by atoms with Gasteiger partial charge >= 0.3 is 6.03 Å². The molecule has 0 bridgehead atoms. The summed E-state index contributed by atoms with van der Waals surface area (Å²) in [6.45, 7) is 5.01. The number of likely N-dealkylation sites (tertiary alicyclic amines) is 1. The number of aromatic nitrogens is 2. The van der Waals surface area contributed by atoms with Crippen molar-refractivity contribution in [3.8, 4) is 5.88 Å². The molecule has 0 aromatic carbocycles. The maximum Gasteiger partial charge on any atom is 0.323 e. The van der Waals surface area contributed by atoms with Gasteiger partial charge in [-0.3, -0.25) is 5.32 Å². The zero-order valence-electron chi connectivity index (χ0n) is 10.9. The molecule has 0 radical (unpaired) electrons. The molecular formula is C12H18N4O2. The van der Waals surface area contributed by atoms with E-state index in [1.807, 2.05) is 4.90 Å². The van der Waals surface area contributed by atoms with Crippen molar-refractivity contribution >= 4 is 11.8 Å². The zero-order chi connectivity index (χ0) is 13.1. The van der Waals surface area contributed by atoms with Gasteiger partial charge in [-0.25, -0.2) is 14.8 Å². The average molecular weight is 250 g/mol. The van der Waals surface area contributed by atoms with Crippen LogP contribution in [0.3, 0.4) is 0 Å². The summed E-state index contributed by atoms with van der Waals surface area (Å²) in [5.74, 6) is 1.43. The van der Waals surface area contributed by atoms with Crippen LogP contribution in [0, 0.1) is 5.92 Å². The van der Waals surface area contributed by atoms with Gasteiger partial charge in [0.15, 0.2) is 0 Å². The number of hydrogen-bond donors (Lipinski definition) is 1. The molecule has 0 aliphatic carbocycles. The van der Waals surface area contributed by atoms with E-state index in [9.17, 15) is 4.79 Å². The molecule has 1 aromatic rings. The molecule has 1 N–H and O–H groups in total. The Kier molecular flexibility index (Phi) is 3.64. The van der Waals surface area contributed by atoms with Crippen molar-refractivity contribution < 1.29 is 9.53 Å². The molecule has 0 saturated carbocycles. The third-order valence-electron chi connectivity index (χ3n) is 3.49. The summed E-state index contributed by atoms with van der Waals surface area (Å²) in [4.78, 5) is 21.8. The minimum absolute atomic E-state index is 0.118. The van der Waals surface area contributed by atoms with Gasteiger partial charge in [-0.1, -0.05) is 6.92 Å². The number of rotatable bonds is 2. The number of anilines is 1. The van der Waals surface area contributed by atoms with Gasteiger partial charge in [0, 0.05) is 18.7 Å². The largest absolute Gasteiger partial charge is 0.481 e. The lowest BCUT2D eigenvalue weighted by molar-refractivity contribution is 0.205. The summed E-state index contributed by atoms with van der Waals surface area (Å²) in [6.07, 6.45) is 2.41. The minimum atomic E-state index is -0.118. The molecule has 1 fully saturated rings. The second-order valence-corrected chi connectivity index (χ2v) is 4.58. The first-order valence-electron chi connectivity index (χ1n) is 6.05. The monoisotopic (exact) mass is 250 g/mol. The van der Waals surface area contributed by atoms with Crippen LogP contribution in [0.4, 0.5) is 10.6 Å². The zero-order valence-corrected chi connectivity index (χ0v) is 10.9. The van der Waals surface area contributed by atoms with E-state index in [0.717, 1.165) is 13.0 Å². The molecule has 6 nitrogen and oxygen atoms in total. The fourth-order valence-electron chi connectivity index (χ4n) is 2.08. The smallest absolute Gasteiger partial charge is 0.323 e. The van der Waals surface area contributed by atoms with Gasteiger partial charge in [0.2, 0.25) is 5.88 Å². The summed E-state index contributed by atoms with van der Waals surface area (Å²) in [6, 6.07) is 1.74. The van der Waals surface area contributed by atoms with Gasteiger partial charge in [-0.05, 0) is 19.3 Å². The van der Waals surface area contributed by atoms with E-state index in [-0.39, 0.29) is 12.1 Å². The van der Waals surface area contributed by atoms with Crippen LogP contribution in [0.15, 0.2) is 12.4 Å². The number of hydrogen-bond acceptors (Lipinski definition) is 4. The molecule has 2 atom stereocenters. The summed E-state index contributed by atoms with van der Waals surface area (Å²) >= 11 is 0. The molecule has 2 rings (SSSR count). The van der Waals surface area contributed by atoms with E-state index >= 15 is 0 Å². The first-order chi connectivity index (χ1) is 8.61. The van der Waals surface area contributed by atoms with E-state index in [1.165, 1.54) is 13.4 Å². The molecule has 0 unspecified atom stereocenters. The van der Waals surface area contributed by atoms with Gasteiger partial charge in [0.05, 0.1) is 7.11 Å². The highest BCUT2D eigenvalue weighted by Crippen LogP contribution is 2.24. The molecule has 18 heavy (non-hydrogen) atoms. The topological polar surface area (TPSA) is 67.3 Å². The van der Waals surface area contributed by atoms with Crippen molar-refractivity contribution in [1.29, 1.82) is 0 Å². The lowest BCUT2D eigenvalue weighted by Crippen LogP contribution is -2.38. The SMILES string of the molecule is COc1cc(NC(=O)N2CC[C@H](C)[C@@H]2C)ncn1. The molecule has 1 aliphatic rings. The van der Waals surface area contributed by atoms with Gasteiger partial charge in [-0.15, -0.1) is 0 Å². The van der Waals surface area contributed by atoms with Gasteiger partial charge in [0.1, 0.15) is 12.1 Å². The van der Waals surface area contributed by atoms with Crippen LogP contribution in [-0.2, 0) is 0 Å². The number of nitrogens with one attached hydrogen (secondary N) is 1. The van der Waals surface area contributed by atoms with Crippen LogP contribution in [0.25, 0.3) is 0 Å². The predicted octanol–water partition coefficient (Wildman–Crippen LogP) is 1.75. The van der Waals surface area contributed by atoms with Crippen molar-refractivity contribution in [2.24, 2.45) is 5.92 Å². The highest BCUT2D eigenvalue weighted by Gasteiger charge is 2.31. The van der Waals surface area contributed by atoms with Crippen LogP contribution in [0.2, 0.25) is 0 Å². The third kappa shape index (κ3) is 2.52. The molecule has 6 heteroatoms. The minimum Gasteiger partial charge on any atom is -0.481 e. The standard InChI is InChI=1S/C12H18N4O2/c1-8-4-5-16(9(8)2)12(17)15-10-6-11(18-3)14-7-13-10/h6-9H,4-5H2,1-3H3,(H,13,14,15,17)/t8-,9-/m0/s1. The van der Waals surface area contributed by atoms with Gasteiger partial charge in [0.25, 0.3) is 0 Å². The van der Waals surface area contributed by atoms with Crippen LogP contribution >= 0.6 is 0 Å². The summed E-state index contributed by atoms with van der Waals surface area (Å²) in [5.41, 5.74) is 0. The number of amides is 2. The summed E-state index contributed by atoms with van der Waals surface area (Å²) in [5, 5.41) is 2.77. The Morgan fingerprint density at radius 2 is 2.28 bits per heavy atom. The van der Waals surface area contributed by atoms with Crippen molar-refractivity contribution in [2.75, 3.05) is 19.0 Å². The third-order valence-corrected chi connectivity index (χ3v) is 3.49. The molecule has 2 heterocycles. The fourth-order valence-corrected chi connectivity index (χ4v) is 2.08. The number of urea groups is 1. The summed E-state index contributed by atoms with van der Waals surface area (Å²) in [7, 11) is 1.53. The second kappa shape index (κ2) is 5.20. The average Bonchev–Trinajstić information content (AvgIpc) is 2.70. The molecule has 98 valence electrons. The maximum atomic E-state index is 12.1. The Morgan fingerprint density at radius 1 is 1.50 bits per heavy atom. The Labute approximate surface area is 106 Å². The Balaban J connectivity index is 2.02. The fraction of sp³-hybridized carbons (Fsp3) is 0.583. The predicted molar refractivity (Wildman–Crippen MR) is 67.6 cm³/mol. The molecule has 1 aliphatic heterocycles. The highest BCUT2D eigenvalue weighted by molar-refractivity contribution is 5.88. The number of carbonyl (C=O) groups is 1. The van der Waals surface area contributed by atoms with Crippen LogP contribution in [-0.4, -0.2) is 40.6 Å². The molecular weight excluding hydrogens is 232 g/mol. The molecule has 2 amide bonds. The number of methoxy groups -OCH3 is 1. The van der Waals surface area contributed by atoms with Crippen molar-refractivity contribution in [3.63, 3.8) is 0 Å². The number of nitrogens with zero attached hydrogens (tertiary/aromatic N) is 3. The Morgan fingerprint density at radius 3 is 2.89 bits per heavy atom. The van der Waals surface area contributed by atoms with E-state index in [1.54, 1.807) is 6.07 Å². The van der Waals surface area contributed by atoms with E-state index in [4.69, 9.17) is 4.74 Å². The first-order valence-corrected chi connectivity index (χ1v) is 6.05. The maximum absolute atomic E-state index is 12.1. The lowest BCUT2D eigenvalue weighted by Gasteiger charge is -2.23. The second-order valence-electron chi connectivity index (χ2n) is 4.58. The normalized spacial score (nSPS) is 22.9. The van der Waals surface area contributed by atoms with Crippen molar-refractivity contribution in [1.82, 2.24) is 14.9 Å². The summed E-state index contributed by atoms with van der Waals surface area (Å²) < 4.78 is 4.98. The molecule has 1 aromatic heterocycles. The van der Waals surface area contributed by atoms with Crippen LogP contribution in [0.5, 0.6) is 5.88 Å². The van der Waals surface area contributed by atoms with Crippen LogP contribution in [0.1, 0.15) is 20.3 Å². The number of ether oxygens (including phenoxy) is 1. The Hall–Kier alpha value is -1.85. The lowest BCUT2D eigenvalue weighted by atomic mass is 10.1. The number of carbonyl (C=O) groups excluding carboxylic acids is 1. The van der Waals surface area contributed by atoms with E-state index in [0.29, 0.717) is 17.6 Å². The van der Waals surface area contributed by atoms with Crippen LogP contribution < -0.4 is 10.1 Å². The van der Waals surface area contributed by atoms with Gasteiger partial charge < -0.3 is 9.64 Å². The molecule has 0 spiro atoms. The van der Waals surface area contributed by atoms with E-state index in [2.05, 4.69) is 29.1 Å². The Bertz CT molecular complexity index is 438. The molecule has 1 saturated heterocycles. The highest BCUT2D eigenvalue weighted by atomic mass is 16.5. The first kappa shape index (κ1) is 12.6. The van der Waals surface area contributed by atoms with Crippen molar-refractivity contribution in [3.05, 3.63) is 12.4 Å². The van der Waals surface area contributed by atoms with Gasteiger partial charge in [-0.2, -0.15) is 0 Å². The quantitative estimate of drug-likeness (QED) is 0.868. The van der Waals surface area contributed by atoms with E-state index < -0.39 is 0 Å².